The molecule has 0 amide bonds. The fourth-order valence-electron chi connectivity index (χ4n) is 1.54. The lowest BCUT2D eigenvalue weighted by atomic mass is 10.2. The summed E-state index contributed by atoms with van der Waals surface area (Å²) in [5.74, 6) is 0.228. The molecule has 0 fully saturated rings. The number of unbranched alkanes of at least 4 members (excludes halogenated alkanes) is 3. The van der Waals surface area contributed by atoms with E-state index < -0.39 is 6.36 Å². The van der Waals surface area contributed by atoms with Gasteiger partial charge in [0.1, 0.15) is 11.5 Å². The van der Waals surface area contributed by atoms with E-state index in [1.165, 1.54) is 18.2 Å². The molecule has 0 saturated heterocycles. The summed E-state index contributed by atoms with van der Waals surface area (Å²) in [6, 6.07) is 4.14. The summed E-state index contributed by atoms with van der Waals surface area (Å²) >= 11 is 3.03. The maximum Gasteiger partial charge on any atom is 0.573 e. The van der Waals surface area contributed by atoms with Gasteiger partial charge < -0.3 is 9.47 Å². The van der Waals surface area contributed by atoms with E-state index in [1.54, 1.807) is 0 Å². The minimum atomic E-state index is -4.70. The zero-order valence-electron chi connectivity index (χ0n) is 10.9. The topological polar surface area (TPSA) is 18.5 Å². The normalized spacial score (nSPS) is 11.2. The van der Waals surface area contributed by atoms with Crippen molar-refractivity contribution < 1.29 is 22.6 Å². The van der Waals surface area contributed by atoms with Crippen molar-refractivity contribution in [3.05, 3.63) is 35.3 Å². The molecule has 0 bridgehead atoms. The number of halogens is 4. The molecule has 6 heteroatoms. The van der Waals surface area contributed by atoms with Gasteiger partial charge in [0.15, 0.2) is 0 Å². The summed E-state index contributed by atoms with van der Waals surface area (Å²) in [6.07, 6.45) is 1.14. The first-order valence-electron chi connectivity index (χ1n) is 6.21. The van der Waals surface area contributed by atoms with Crippen LogP contribution in [0.15, 0.2) is 35.3 Å². The Bertz CT molecular complexity index is 433. The van der Waals surface area contributed by atoms with Gasteiger partial charge in [0.2, 0.25) is 0 Å². The standard InChI is InChI=1S/C14H16BrF3O2/c1-2-3-4-5-6-9-19-11-7-8-13(12(15)10-11)20-14(16,17)18/h2,7-8,10H,1,3-6,9H2. The molecule has 0 aliphatic rings. The Kier molecular flexibility index (Phi) is 6.91. The van der Waals surface area contributed by atoms with Crippen LogP contribution >= 0.6 is 15.9 Å². The third-order valence-electron chi connectivity index (χ3n) is 2.45. The van der Waals surface area contributed by atoms with Crippen LogP contribution in [-0.2, 0) is 0 Å². The number of rotatable bonds is 8. The molecule has 0 aromatic heterocycles. The second kappa shape index (κ2) is 8.19. The predicted molar refractivity (Wildman–Crippen MR) is 75.0 cm³/mol. The highest BCUT2D eigenvalue weighted by Crippen LogP contribution is 2.33. The van der Waals surface area contributed by atoms with Crippen molar-refractivity contribution in [2.75, 3.05) is 6.61 Å². The predicted octanol–water partition coefficient (Wildman–Crippen LogP) is 5.47. The number of allylic oxidation sites excluding steroid dienone is 1. The Labute approximate surface area is 124 Å². The van der Waals surface area contributed by atoms with Crippen molar-refractivity contribution in [3.63, 3.8) is 0 Å². The van der Waals surface area contributed by atoms with Crippen LogP contribution in [0.2, 0.25) is 0 Å². The number of alkyl halides is 3. The Morgan fingerprint density at radius 1 is 1.20 bits per heavy atom. The van der Waals surface area contributed by atoms with Gasteiger partial charge in [-0.2, -0.15) is 0 Å². The highest BCUT2D eigenvalue weighted by molar-refractivity contribution is 9.10. The van der Waals surface area contributed by atoms with E-state index in [1.807, 2.05) is 6.08 Å². The highest BCUT2D eigenvalue weighted by Gasteiger charge is 2.31. The van der Waals surface area contributed by atoms with E-state index >= 15 is 0 Å². The molecule has 0 aliphatic carbocycles. The number of hydrogen-bond donors (Lipinski definition) is 0. The van der Waals surface area contributed by atoms with Crippen LogP contribution in [-0.4, -0.2) is 13.0 Å². The Balaban J connectivity index is 2.41. The highest BCUT2D eigenvalue weighted by atomic mass is 79.9. The molecule has 2 nitrogen and oxygen atoms in total. The molecule has 1 aromatic rings. The van der Waals surface area contributed by atoms with Gasteiger partial charge >= 0.3 is 6.36 Å². The van der Waals surface area contributed by atoms with Crippen molar-refractivity contribution in [1.82, 2.24) is 0 Å². The summed E-state index contributed by atoms with van der Waals surface area (Å²) < 4.78 is 45.8. The average molecular weight is 353 g/mol. The third-order valence-corrected chi connectivity index (χ3v) is 3.07. The largest absolute Gasteiger partial charge is 0.573 e. The first kappa shape index (κ1) is 16.9. The van der Waals surface area contributed by atoms with Crippen LogP contribution in [0.5, 0.6) is 11.5 Å². The number of ether oxygens (including phenoxy) is 2. The van der Waals surface area contributed by atoms with Crippen molar-refractivity contribution in [2.24, 2.45) is 0 Å². The van der Waals surface area contributed by atoms with E-state index in [9.17, 15) is 13.2 Å². The summed E-state index contributed by atoms with van der Waals surface area (Å²) in [7, 11) is 0. The summed E-state index contributed by atoms with van der Waals surface area (Å²) in [5, 5.41) is 0. The van der Waals surface area contributed by atoms with Crippen molar-refractivity contribution in [1.29, 1.82) is 0 Å². The molecule has 0 spiro atoms. The monoisotopic (exact) mass is 352 g/mol. The van der Waals surface area contributed by atoms with Gasteiger partial charge in [0, 0.05) is 0 Å². The molecule has 1 rings (SSSR count). The lowest BCUT2D eigenvalue weighted by Gasteiger charge is -2.12. The number of benzene rings is 1. The van der Waals surface area contributed by atoms with Gasteiger partial charge in [-0.3, -0.25) is 0 Å². The average Bonchev–Trinajstić information content (AvgIpc) is 2.35. The molecule has 1 aromatic carbocycles. The van der Waals surface area contributed by atoms with E-state index in [4.69, 9.17) is 4.74 Å². The Hall–Kier alpha value is -1.17. The molecular weight excluding hydrogens is 337 g/mol. The van der Waals surface area contributed by atoms with Gasteiger partial charge in [-0.1, -0.05) is 6.08 Å². The zero-order valence-corrected chi connectivity index (χ0v) is 12.5. The minimum Gasteiger partial charge on any atom is -0.494 e. The molecule has 0 atom stereocenters. The lowest BCUT2D eigenvalue weighted by molar-refractivity contribution is -0.274. The molecule has 20 heavy (non-hydrogen) atoms. The molecule has 0 saturated carbocycles. The van der Waals surface area contributed by atoms with Crippen LogP contribution in [0.1, 0.15) is 25.7 Å². The molecule has 112 valence electrons. The van der Waals surface area contributed by atoms with Gasteiger partial charge in [-0.25, -0.2) is 0 Å². The first-order chi connectivity index (χ1) is 9.42. The minimum absolute atomic E-state index is 0.207. The molecule has 0 N–H and O–H groups in total. The Morgan fingerprint density at radius 3 is 2.55 bits per heavy atom. The van der Waals surface area contributed by atoms with Crippen LogP contribution in [0.3, 0.4) is 0 Å². The molecule has 0 heterocycles. The maximum atomic E-state index is 12.1. The van der Waals surface area contributed by atoms with Crippen LogP contribution in [0, 0.1) is 0 Å². The van der Waals surface area contributed by atoms with E-state index in [-0.39, 0.29) is 10.2 Å². The first-order valence-corrected chi connectivity index (χ1v) is 7.00. The second-order valence-corrected chi connectivity index (χ2v) is 4.98. The number of hydrogen-bond acceptors (Lipinski definition) is 2. The fraction of sp³-hybridized carbons (Fsp3) is 0.429. The summed E-state index contributed by atoms with van der Waals surface area (Å²) in [5.41, 5.74) is 0. The van der Waals surface area contributed by atoms with E-state index in [0.29, 0.717) is 12.4 Å². The van der Waals surface area contributed by atoms with Crippen molar-refractivity contribution in [2.45, 2.75) is 32.0 Å². The van der Waals surface area contributed by atoms with Gasteiger partial charge in [-0.05, 0) is 59.8 Å². The Morgan fingerprint density at radius 2 is 1.95 bits per heavy atom. The maximum absolute atomic E-state index is 12.1. The quantitative estimate of drug-likeness (QED) is 0.456. The summed E-state index contributed by atoms with van der Waals surface area (Å²) in [6.45, 7) is 4.17. The molecule has 0 unspecified atom stereocenters. The molecule has 0 aliphatic heterocycles. The second-order valence-electron chi connectivity index (χ2n) is 4.13. The lowest BCUT2D eigenvalue weighted by Crippen LogP contribution is -2.17. The van der Waals surface area contributed by atoms with Crippen LogP contribution in [0.4, 0.5) is 13.2 Å². The molecular formula is C14H16BrF3O2. The third kappa shape index (κ3) is 6.84. The SMILES string of the molecule is C=CCCCCCOc1ccc(OC(F)(F)F)c(Br)c1. The van der Waals surface area contributed by atoms with Gasteiger partial charge in [0.25, 0.3) is 0 Å². The zero-order chi connectivity index (χ0) is 15.0. The van der Waals surface area contributed by atoms with E-state index in [2.05, 4.69) is 27.2 Å². The van der Waals surface area contributed by atoms with Crippen LogP contribution in [0.25, 0.3) is 0 Å². The van der Waals surface area contributed by atoms with Gasteiger partial charge in [-0.15, -0.1) is 19.8 Å². The van der Waals surface area contributed by atoms with Crippen molar-refractivity contribution in [3.8, 4) is 11.5 Å². The smallest absolute Gasteiger partial charge is 0.494 e. The van der Waals surface area contributed by atoms with E-state index in [0.717, 1.165) is 25.7 Å². The van der Waals surface area contributed by atoms with Crippen LogP contribution < -0.4 is 9.47 Å². The summed E-state index contributed by atoms with van der Waals surface area (Å²) in [4.78, 5) is 0. The van der Waals surface area contributed by atoms with Crippen molar-refractivity contribution >= 4 is 15.9 Å². The molecule has 0 radical (unpaired) electrons. The fourth-order valence-corrected chi connectivity index (χ4v) is 1.98. The van der Waals surface area contributed by atoms with Gasteiger partial charge in [0.05, 0.1) is 11.1 Å².